The van der Waals surface area contributed by atoms with Crippen molar-refractivity contribution in [1.82, 2.24) is 4.98 Å². The fourth-order valence-electron chi connectivity index (χ4n) is 1.64. The zero-order valence-corrected chi connectivity index (χ0v) is 10.00. The molecule has 2 rings (SSSR count). The molecule has 1 unspecified atom stereocenters. The fourth-order valence-corrected chi connectivity index (χ4v) is 1.85. The molecule has 1 atom stereocenters. The maximum atomic E-state index is 6.00. The predicted octanol–water partition coefficient (Wildman–Crippen LogP) is 3.15. The molecule has 3 nitrogen and oxygen atoms in total. The normalized spacial score (nSPS) is 13.2. The molecule has 0 bridgehead atoms. The Hall–Kier alpha value is -1.06. The number of rotatable bonds is 4. The fraction of sp³-hybridized carbons (Fsp3) is 0.417. The van der Waals surface area contributed by atoms with Gasteiger partial charge in [0, 0.05) is 12.5 Å². The van der Waals surface area contributed by atoms with E-state index < -0.39 is 0 Å². The average Bonchev–Trinajstić information content (AvgIpc) is 2.61. The van der Waals surface area contributed by atoms with E-state index in [1.807, 2.05) is 19.1 Å². The summed E-state index contributed by atoms with van der Waals surface area (Å²) in [5.74, 6) is 0.740. The third-order valence-corrected chi connectivity index (χ3v) is 2.76. The lowest BCUT2D eigenvalue weighted by molar-refractivity contribution is 0.503. The van der Waals surface area contributed by atoms with Gasteiger partial charge in [0.05, 0.1) is 5.02 Å². The maximum Gasteiger partial charge on any atom is 0.195 e. The number of aryl methyl sites for hydroxylation is 1. The van der Waals surface area contributed by atoms with Gasteiger partial charge in [-0.3, -0.25) is 0 Å². The predicted molar refractivity (Wildman–Crippen MR) is 65.6 cm³/mol. The van der Waals surface area contributed by atoms with Gasteiger partial charge in [0.1, 0.15) is 5.52 Å². The van der Waals surface area contributed by atoms with Crippen molar-refractivity contribution < 1.29 is 4.42 Å². The Morgan fingerprint density at radius 3 is 3.00 bits per heavy atom. The van der Waals surface area contributed by atoms with Gasteiger partial charge in [-0.05, 0) is 31.9 Å². The van der Waals surface area contributed by atoms with E-state index in [1.165, 1.54) is 0 Å². The largest absolute Gasteiger partial charge is 0.439 e. The second-order valence-electron chi connectivity index (χ2n) is 4.07. The number of hydrogen-bond donors (Lipinski definition) is 1. The highest BCUT2D eigenvalue weighted by molar-refractivity contribution is 6.34. The molecule has 0 aliphatic carbocycles. The van der Waals surface area contributed by atoms with Crippen LogP contribution in [-0.2, 0) is 6.42 Å². The highest BCUT2D eigenvalue weighted by Gasteiger charge is 2.08. The average molecular weight is 239 g/mol. The quantitative estimate of drug-likeness (QED) is 0.890. The summed E-state index contributed by atoms with van der Waals surface area (Å²) in [5, 5.41) is 0.614. The van der Waals surface area contributed by atoms with Crippen LogP contribution in [0.5, 0.6) is 0 Å². The number of hydrogen-bond acceptors (Lipinski definition) is 3. The van der Waals surface area contributed by atoms with Gasteiger partial charge in [-0.1, -0.05) is 17.7 Å². The Morgan fingerprint density at radius 1 is 1.50 bits per heavy atom. The molecule has 0 saturated carbocycles. The summed E-state index contributed by atoms with van der Waals surface area (Å²) < 4.78 is 5.60. The molecule has 2 N–H and O–H groups in total. The van der Waals surface area contributed by atoms with Crippen LogP contribution < -0.4 is 5.73 Å². The Kier molecular flexibility index (Phi) is 3.46. The highest BCUT2D eigenvalue weighted by atomic mass is 35.5. The summed E-state index contributed by atoms with van der Waals surface area (Å²) in [6.45, 7) is 2.00. The molecule has 0 radical (unpaired) electrons. The number of benzene rings is 1. The van der Waals surface area contributed by atoms with Gasteiger partial charge in [0.15, 0.2) is 11.5 Å². The minimum absolute atomic E-state index is 0.230. The summed E-state index contributed by atoms with van der Waals surface area (Å²) in [7, 11) is 0. The molecule has 2 aromatic rings. The molecule has 1 heterocycles. The van der Waals surface area contributed by atoms with Crippen molar-refractivity contribution in [3.8, 4) is 0 Å². The molecular weight excluding hydrogens is 224 g/mol. The van der Waals surface area contributed by atoms with Crippen molar-refractivity contribution in [3.05, 3.63) is 29.1 Å². The minimum atomic E-state index is 0.230. The molecule has 1 aromatic carbocycles. The van der Waals surface area contributed by atoms with Crippen LogP contribution in [0.25, 0.3) is 11.1 Å². The van der Waals surface area contributed by atoms with E-state index in [9.17, 15) is 0 Å². The first-order chi connectivity index (χ1) is 7.66. The van der Waals surface area contributed by atoms with E-state index >= 15 is 0 Å². The number of fused-ring (bicyclic) bond motifs is 1. The molecule has 0 aliphatic rings. The first-order valence-corrected chi connectivity index (χ1v) is 5.84. The molecule has 86 valence electrons. The molecule has 4 heteroatoms. The molecule has 16 heavy (non-hydrogen) atoms. The summed E-state index contributed by atoms with van der Waals surface area (Å²) in [6.07, 6.45) is 2.78. The lowest BCUT2D eigenvalue weighted by Gasteiger charge is -2.01. The number of nitrogens with zero attached hydrogens (tertiary/aromatic N) is 1. The summed E-state index contributed by atoms with van der Waals surface area (Å²) in [5.41, 5.74) is 7.19. The van der Waals surface area contributed by atoms with Gasteiger partial charge in [-0.2, -0.15) is 0 Å². The number of nitrogens with two attached hydrogens (primary N) is 1. The molecule has 0 saturated heterocycles. The minimum Gasteiger partial charge on any atom is -0.439 e. The van der Waals surface area contributed by atoms with Crippen LogP contribution in [0.2, 0.25) is 5.02 Å². The SMILES string of the molecule is CC(N)CCCc1nc2cccc(Cl)c2o1. The summed E-state index contributed by atoms with van der Waals surface area (Å²) in [4.78, 5) is 4.38. The van der Waals surface area contributed by atoms with Crippen molar-refractivity contribution in [2.45, 2.75) is 32.2 Å². The van der Waals surface area contributed by atoms with Crippen LogP contribution >= 0.6 is 11.6 Å². The van der Waals surface area contributed by atoms with E-state index in [-0.39, 0.29) is 6.04 Å². The van der Waals surface area contributed by atoms with Crippen LogP contribution in [0.3, 0.4) is 0 Å². The second-order valence-corrected chi connectivity index (χ2v) is 4.47. The number of halogens is 1. The summed E-state index contributed by atoms with van der Waals surface area (Å²) in [6, 6.07) is 5.81. The topological polar surface area (TPSA) is 52.0 Å². The standard InChI is InChI=1S/C12H15ClN2O/c1-8(14)4-2-7-11-15-10-6-3-5-9(13)12(10)16-11/h3,5-6,8H,2,4,7,14H2,1H3. The third kappa shape index (κ3) is 2.54. The van der Waals surface area contributed by atoms with Crippen molar-refractivity contribution in [3.63, 3.8) is 0 Å². The van der Waals surface area contributed by atoms with E-state index in [0.717, 1.165) is 30.7 Å². The van der Waals surface area contributed by atoms with E-state index in [1.54, 1.807) is 6.07 Å². The monoisotopic (exact) mass is 238 g/mol. The molecule has 0 fully saturated rings. The zero-order valence-electron chi connectivity index (χ0n) is 9.24. The van der Waals surface area contributed by atoms with Gasteiger partial charge < -0.3 is 10.2 Å². The van der Waals surface area contributed by atoms with Crippen molar-refractivity contribution >= 4 is 22.7 Å². The number of para-hydroxylation sites is 1. The van der Waals surface area contributed by atoms with Gasteiger partial charge in [0.2, 0.25) is 0 Å². The molecule has 1 aromatic heterocycles. The van der Waals surface area contributed by atoms with E-state index in [0.29, 0.717) is 10.6 Å². The lowest BCUT2D eigenvalue weighted by atomic mass is 10.1. The maximum absolute atomic E-state index is 6.00. The van der Waals surface area contributed by atoms with Crippen LogP contribution in [0.1, 0.15) is 25.7 Å². The van der Waals surface area contributed by atoms with Crippen LogP contribution in [-0.4, -0.2) is 11.0 Å². The first-order valence-electron chi connectivity index (χ1n) is 5.46. The van der Waals surface area contributed by atoms with Crippen LogP contribution in [0.4, 0.5) is 0 Å². The first kappa shape index (κ1) is 11.4. The van der Waals surface area contributed by atoms with Gasteiger partial charge >= 0.3 is 0 Å². The zero-order chi connectivity index (χ0) is 11.5. The third-order valence-electron chi connectivity index (χ3n) is 2.46. The van der Waals surface area contributed by atoms with Gasteiger partial charge in [-0.25, -0.2) is 4.98 Å². The van der Waals surface area contributed by atoms with Crippen molar-refractivity contribution in [1.29, 1.82) is 0 Å². The van der Waals surface area contributed by atoms with E-state index in [2.05, 4.69) is 4.98 Å². The molecule has 0 aliphatic heterocycles. The molecule has 0 amide bonds. The van der Waals surface area contributed by atoms with Crippen LogP contribution in [0, 0.1) is 0 Å². The Morgan fingerprint density at radius 2 is 2.31 bits per heavy atom. The second kappa shape index (κ2) is 4.85. The van der Waals surface area contributed by atoms with E-state index in [4.69, 9.17) is 21.8 Å². The van der Waals surface area contributed by atoms with Crippen molar-refractivity contribution in [2.24, 2.45) is 5.73 Å². The highest BCUT2D eigenvalue weighted by Crippen LogP contribution is 2.24. The Labute approximate surface area is 99.6 Å². The van der Waals surface area contributed by atoms with Crippen LogP contribution in [0.15, 0.2) is 22.6 Å². The molecule has 0 spiro atoms. The Balaban J connectivity index is 2.11. The Bertz CT molecular complexity index is 479. The number of oxazole rings is 1. The smallest absolute Gasteiger partial charge is 0.195 e. The van der Waals surface area contributed by atoms with Gasteiger partial charge in [-0.15, -0.1) is 0 Å². The van der Waals surface area contributed by atoms with Gasteiger partial charge in [0.25, 0.3) is 0 Å². The lowest BCUT2D eigenvalue weighted by Crippen LogP contribution is -2.14. The number of aromatic nitrogens is 1. The van der Waals surface area contributed by atoms with Crippen molar-refractivity contribution in [2.75, 3.05) is 0 Å². The molecular formula is C12H15ClN2O. The summed E-state index contributed by atoms with van der Waals surface area (Å²) >= 11 is 6.00.